The number of piperidine rings is 1. The Morgan fingerprint density at radius 3 is 2.59 bits per heavy atom. The summed E-state index contributed by atoms with van der Waals surface area (Å²) in [6.07, 6.45) is 6.51. The van der Waals surface area contributed by atoms with E-state index in [-0.39, 0.29) is 11.8 Å². The second-order valence-corrected chi connectivity index (χ2v) is 8.57. The number of carbonyl (C=O) groups is 2. The van der Waals surface area contributed by atoms with Crippen molar-refractivity contribution in [2.75, 3.05) is 32.8 Å². The topological polar surface area (TPSA) is 70.7 Å². The van der Waals surface area contributed by atoms with Crippen molar-refractivity contribution in [2.45, 2.75) is 25.8 Å². The first kappa shape index (κ1) is 22.1. The Hall–Kier alpha value is -3.12. The van der Waals surface area contributed by atoms with Gasteiger partial charge in [-0.25, -0.2) is 0 Å². The van der Waals surface area contributed by atoms with Crippen LogP contribution in [0.3, 0.4) is 0 Å². The van der Waals surface area contributed by atoms with Gasteiger partial charge in [0.15, 0.2) is 0 Å². The van der Waals surface area contributed by atoms with E-state index in [0.717, 1.165) is 25.9 Å². The van der Waals surface area contributed by atoms with E-state index in [1.54, 1.807) is 12.1 Å². The molecule has 1 fully saturated rings. The number of allylic oxidation sites excluding steroid dienone is 1. The molecule has 2 aromatic carbocycles. The molecule has 4 rings (SSSR count). The molecular weight excluding hydrogens is 402 g/mol. The van der Waals surface area contributed by atoms with Crippen LogP contribution in [-0.4, -0.2) is 49.5 Å². The molecule has 0 bridgehead atoms. The van der Waals surface area contributed by atoms with Gasteiger partial charge in [0.1, 0.15) is 12.4 Å². The summed E-state index contributed by atoms with van der Waals surface area (Å²) in [7, 11) is 0. The van der Waals surface area contributed by atoms with Crippen LogP contribution in [0.2, 0.25) is 0 Å². The third-order valence-electron chi connectivity index (χ3n) is 6.22. The van der Waals surface area contributed by atoms with Crippen LogP contribution >= 0.6 is 0 Å². The van der Waals surface area contributed by atoms with Crippen LogP contribution in [0.5, 0.6) is 5.75 Å². The maximum Gasteiger partial charge on any atom is 0.255 e. The molecule has 2 aliphatic heterocycles. The molecule has 0 saturated carbocycles. The van der Waals surface area contributed by atoms with E-state index in [1.165, 1.54) is 5.56 Å². The number of hydrogen-bond acceptors (Lipinski definition) is 4. The van der Waals surface area contributed by atoms with E-state index in [4.69, 9.17) is 4.74 Å². The smallest absolute Gasteiger partial charge is 0.255 e. The first-order valence-corrected chi connectivity index (χ1v) is 11.4. The van der Waals surface area contributed by atoms with Gasteiger partial charge in [-0.05, 0) is 43.5 Å². The lowest BCUT2D eigenvalue weighted by atomic mass is 9.76. The number of nitrogens with zero attached hydrogens (tertiary/aromatic N) is 1. The van der Waals surface area contributed by atoms with Crippen LogP contribution in [0.25, 0.3) is 0 Å². The maximum atomic E-state index is 13.3. The van der Waals surface area contributed by atoms with Crippen LogP contribution in [0.1, 0.15) is 35.2 Å². The standard InChI is InChI=1S/C26H31N3O3/c30-24-22-11-4-5-12-23(22)32-18-7-6-13-26(25(31)28-16-15-27-24)14-8-17-29(20-26)19-21-9-2-1-3-10-21/h1-7,9-12H,8,13-20H2,(H,27,30)(H,28,31)/b7-6+/t26-/m1/s1. The minimum atomic E-state index is -0.477. The Kier molecular flexibility index (Phi) is 7.22. The SMILES string of the molecule is O=C1NCCNC(=O)[C@]2(C/C=C/COc3ccccc31)CCCN(Cc1ccccc1)C2. The van der Waals surface area contributed by atoms with Crippen LogP contribution < -0.4 is 15.4 Å². The van der Waals surface area contributed by atoms with E-state index >= 15 is 0 Å². The summed E-state index contributed by atoms with van der Waals surface area (Å²) in [6.45, 7) is 3.68. The molecule has 168 valence electrons. The van der Waals surface area contributed by atoms with Crippen LogP contribution in [0.15, 0.2) is 66.7 Å². The molecule has 2 amide bonds. The molecule has 0 aliphatic carbocycles. The number of rotatable bonds is 2. The number of fused-ring (bicyclic) bond motifs is 1. The molecule has 2 N–H and O–H groups in total. The van der Waals surface area contributed by atoms with E-state index in [9.17, 15) is 9.59 Å². The molecule has 0 unspecified atom stereocenters. The summed E-state index contributed by atoms with van der Waals surface area (Å²) in [5, 5.41) is 5.96. The number of benzene rings is 2. The van der Waals surface area contributed by atoms with E-state index < -0.39 is 5.41 Å². The molecule has 0 aromatic heterocycles. The molecule has 32 heavy (non-hydrogen) atoms. The van der Waals surface area contributed by atoms with Gasteiger partial charge in [-0.2, -0.15) is 0 Å². The molecule has 6 nitrogen and oxygen atoms in total. The molecule has 1 saturated heterocycles. The van der Waals surface area contributed by atoms with Gasteiger partial charge in [0.25, 0.3) is 5.91 Å². The molecule has 1 spiro atoms. The van der Waals surface area contributed by atoms with Gasteiger partial charge in [0.05, 0.1) is 11.0 Å². The fourth-order valence-electron chi connectivity index (χ4n) is 4.58. The van der Waals surface area contributed by atoms with E-state index in [1.807, 2.05) is 24.3 Å². The lowest BCUT2D eigenvalue weighted by Crippen LogP contribution is -2.52. The average molecular weight is 434 g/mol. The first-order valence-electron chi connectivity index (χ1n) is 11.4. The van der Waals surface area contributed by atoms with Crippen molar-refractivity contribution in [1.82, 2.24) is 15.5 Å². The van der Waals surface area contributed by atoms with Gasteiger partial charge in [-0.15, -0.1) is 0 Å². The van der Waals surface area contributed by atoms with Crippen molar-refractivity contribution >= 4 is 11.8 Å². The Morgan fingerprint density at radius 1 is 0.938 bits per heavy atom. The summed E-state index contributed by atoms with van der Waals surface area (Å²) in [4.78, 5) is 28.2. The van der Waals surface area contributed by atoms with E-state index in [2.05, 4.69) is 45.9 Å². The number of hydrogen-bond donors (Lipinski definition) is 2. The normalized spacial score (nSPS) is 23.9. The van der Waals surface area contributed by atoms with Crippen molar-refractivity contribution in [3.8, 4) is 5.75 Å². The second-order valence-electron chi connectivity index (χ2n) is 8.57. The highest BCUT2D eigenvalue weighted by molar-refractivity contribution is 5.96. The van der Waals surface area contributed by atoms with Gasteiger partial charge in [0.2, 0.25) is 5.91 Å². The van der Waals surface area contributed by atoms with Crippen molar-refractivity contribution in [3.63, 3.8) is 0 Å². The summed E-state index contributed by atoms with van der Waals surface area (Å²) < 4.78 is 5.85. The Morgan fingerprint density at radius 2 is 1.72 bits per heavy atom. The Balaban J connectivity index is 1.49. The third kappa shape index (κ3) is 5.37. The van der Waals surface area contributed by atoms with Crippen LogP contribution in [0.4, 0.5) is 0 Å². The summed E-state index contributed by atoms with van der Waals surface area (Å²) >= 11 is 0. The zero-order valence-corrected chi connectivity index (χ0v) is 18.4. The van der Waals surface area contributed by atoms with Crippen molar-refractivity contribution in [3.05, 3.63) is 77.9 Å². The quantitative estimate of drug-likeness (QED) is 0.714. The number of para-hydroxylation sites is 1. The average Bonchev–Trinajstić information content (AvgIpc) is 2.82. The monoisotopic (exact) mass is 433 g/mol. The number of ether oxygens (including phenoxy) is 1. The van der Waals surface area contributed by atoms with Gasteiger partial charge < -0.3 is 15.4 Å². The van der Waals surface area contributed by atoms with Crippen molar-refractivity contribution in [2.24, 2.45) is 5.41 Å². The van der Waals surface area contributed by atoms with E-state index in [0.29, 0.717) is 44.0 Å². The fourth-order valence-corrected chi connectivity index (χ4v) is 4.58. The van der Waals surface area contributed by atoms with Crippen molar-refractivity contribution < 1.29 is 14.3 Å². The predicted octanol–water partition coefficient (Wildman–Crippen LogP) is 3.15. The molecule has 2 aromatic rings. The molecule has 1 atom stereocenters. The molecule has 2 aliphatic rings. The molecule has 2 heterocycles. The first-order chi connectivity index (χ1) is 15.7. The molecule has 6 heteroatoms. The summed E-state index contributed by atoms with van der Waals surface area (Å²) in [5.41, 5.74) is 1.29. The number of amides is 2. The minimum absolute atomic E-state index is 0.0625. The summed E-state index contributed by atoms with van der Waals surface area (Å²) in [6, 6.07) is 17.6. The lowest BCUT2D eigenvalue weighted by molar-refractivity contribution is -0.134. The number of carbonyl (C=O) groups excluding carboxylic acids is 2. The van der Waals surface area contributed by atoms with Gasteiger partial charge >= 0.3 is 0 Å². The lowest BCUT2D eigenvalue weighted by Gasteiger charge is -2.41. The van der Waals surface area contributed by atoms with Gasteiger partial charge in [0, 0.05) is 26.2 Å². The Bertz CT molecular complexity index is 960. The molecule has 0 radical (unpaired) electrons. The minimum Gasteiger partial charge on any atom is -0.489 e. The van der Waals surface area contributed by atoms with Crippen molar-refractivity contribution in [1.29, 1.82) is 0 Å². The largest absolute Gasteiger partial charge is 0.489 e. The van der Waals surface area contributed by atoms with Gasteiger partial charge in [-0.1, -0.05) is 54.6 Å². The van der Waals surface area contributed by atoms with Crippen LogP contribution in [0, 0.1) is 5.41 Å². The highest BCUT2D eigenvalue weighted by Gasteiger charge is 2.41. The highest BCUT2D eigenvalue weighted by atomic mass is 16.5. The Labute approximate surface area is 189 Å². The van der Waals surface area contributed by atoms with Crippen LogP contribution in [-0.2, 0) is 11.3 Å². The zero-order valence-electron chi connectivity index (χ0n) is 18.4. The highest BCUT2D eigenvalue weighted by Crippen LogP contribution is 2.35. The van der Waals surface area contributed by atoms with Gasteiger partial charge in [-0.3, -0.25) is 14.5 Å². The zero-order chi connectivity index (χ0) is 22.2. The predicted molar refractivity (Wildman–Crippen MR) is 124 cm³/mol. The number of likely N-dealkylation sites (tertiary alicyclic amines) is 1. The summed E-state index contributed by atoms with van der Waals surface area (Å²) in [5.74, 6) is 0.432. The third-order valence-corrected chi connectivity index (χ3v) is 6.22. The number of nitrogens with one attached hydrogen (secondary N) is 2. The second kappa shape index (κ2) is 10.5. The fraction of sp³-hybridized carbons (Fsp3) is 0.385. The molecular formula is C26H31N3O3. The maximum absolute atomic E-state index is 13.3.